The highest BCUT2D eigenvalue weighted by molar-refractivity contribution is 5.93. The van der Waals surface area contributed by atoms with Gasteiger partial charge in [0, 0.05) is 5.56 Å². The molecule has 0 atom stereocenters. The molecule has 1 nitrogen and oxygen atoms in total. The topological polar surface area (TPSA) is 17.1 Å². The first-order valence-corrected chi connectivity index (χ1v) is 7.25. The third kappa shape index (κ3) is 3.69. The molecule has 0 unspecified atom stereocenters. The molecule has 1 aliphatic carbocycles. The summed E-state index contributed by atoms with van der Waals surface area (Å²) in [5.74, 6) is 2.02. The summed E-state index contributed by atoms with van der Waals surface area (Å²) >= 11 is 0. The summed E-state index contributed by atoms with van der Waals surface area (Å²) in [5.41, 5.74) is 2.20. The Balaban J connectivity index is 1.81. The molecule has 98 valence electrons. The lowest BCUT2D eigenvalue weighted by Gasteiger charge is -2.26. The van der Waals surface area contributed by atoms with Gasteiger partial charge in [-0.3, -0.25) is 4.79 Å². The molecule has 1 aromatic carbocycles. The summed E-state index contributed by atoms with van der Waals surface area (Å²) in [4.78, 5) is 11.2. The van der Waals surface area contributed by atoms with Crippen LogP contribution in [0.25, 0.3) is 0 Å². The number of rotatable bonds is 4. The van der Waals surface area contributed by atoms with E-state index in [4.69, 9.17) is 0 Å². The van der Waals surface area contributed by atoms with Gasteiger partial charge in [0.05, 0.1) is 0 Å². The molecule has 2 rings (SSSR count). The van der Waals surface area contributed by atoms with Crippen LogP contribution in [0.2, 0.25) is 0 Å². The van der Waals surface area contributed by atoms with E-state index < -0.39 is 0 Å². The van der Waals surface area contributed by atoms with Gasteiger partial charge in [0.15, 0.2) is 5.78 Å². The first kappa shape index (κ1) is 13.3. The Hall–Kier alpha value is -1.11. The van der Waals surface area contributed by atoms with Crippen molar-refractivity contribution in [1.29, 1.82) is 0 Å². The molecule has 0 bridgehead atoms. The standard InChI is InChI=1S/C17H24O/c1-13-3-5-15(6-4-13)7-8-16-9-11-17(12-10-16)14(2)18/h9-13,15H,3-8H2,1-2H3. The molecule has 18 heavy (non-hydrogen) atoms. The maximum atomic E-state index is 11.2. The number of aryl methyl sites for hydroxylation is 1. The third-order valence-electron chi connectivity index (χ3n) is 4.34. The van der Waals surface area contributed by atoms with Gasteiger partial charge >= 0.3 is 0 Å². The zero-order valence-electron chi connectivity index (χ0n) is 11.6. The van der Waals surface area contributed by atoms with Crippen LogP contribution in [0.4, 0.5) is 0 Å². The molecule has 0 amide bonds. The lowest BCUT2D eigenvalue weighted by molar-refractivity contribution is 0.101. The molecule has 0 saturated heterocycles. The van der Waals surface area contributed by atoms with Gasteiger partial charge in [0.1, 0.15) is 0 Å². The van der Waals surface area contributed by atoms with E-state index in [0.717, 1.165) is 23.8 Å². The van der Waals surface area contributed by atoms with E-state index in [-0.39, 0.29) is 5.78 Å². The van der Waals surface area contributed by atoms with Crippen molar-refractivity contribution < 1.29 is 4.79 Å². The lowest BCUT2D eigenvalue weighted by Crippen LogP contribution is -2.12. The number of hydrogen-bond donors (Lipinski definition) is 0. The van der Waals surface area contributed by atoms with E-state index in [9.17, 15) is 4.79 Å². The van der Waals surface area contributed by atoms with Crippen LogP contribution < -0.4 is 0 Å². The fraction of sp³-hybridized carbons (Fsp3) is 0.588. The average Bonchev–Trinajstić information content (AvgIpc) is 2.38. The van der Waals surface area contributed by atoms with E-state index in [2.05, 4.69) is 19.1 Å². The van der Waals surface area contributed by atoms with Gasteiger partial charge in [-0.25, -0.2) is 0 Å². The fourth-order valence-corrected chi connectivity index (χ4v) is 2.89. The minimum absolute atomic E-state index is 0.155. The van der Waals surface area contributed by atoms with Crippen LogP contribution in [0.1, 0.15) is 61.9 Å². The number of benzene rings is 1. The van der Waals surface area contributed by atoms with Crippen LogP contribution in [-0.2, 0) is 6.42 Å². The number of carbonyl (C=O) groups is 1. The van der Waals surface area contributed by atoms with Crippen LogP contribution in [0.5, 0.6) is 0 Å². The van der Waals surface area contributed by atoms with Crippen molar-refractivity contribution in [2.45, 2.75) is 52.4 Å². The van der Waals surface area contributed by atoms with Crippen LogP contribution >= 0.6 is 0 Å². The quantitative estimate of drug-likeness (QED) is 0.705. The molecular formula is C17H24O. The second-order valence-electron chi connectivity index (χ2n) is 5.92. The molecule has 0 aliphatic heterocycles. The predicted molar refractivity (Wildman–Crippen MR) is 75.9 cm³/mol. The summed E-state index contributed by atoms with van der Waals surface area (Å²) in [5, 5.41) is 0. The van der Waals surface area contributed by atoms with Gasteiger partial charge in [-0.1, -0.05) is 56.9 Å². The molecule has 1 aliphatic rings. The van der Waals surface area contributed by atoms with E-state index in [1.165, 1.54) is 37.7 Å². The minimum Gasteiger partial charge on any atom is -0.295 e. The average molecular weight is 244 g/mol. The minimum atomic E-state index is 0.155. The van der Waals surface area contributed by atoms with Crippen molar-refractivity contribution in [3.05, 3.63) is 35.4 Å². The fourth-order valence-electron chi connectivity index (χ4n) is 2.89. The highest BCUT2D eigenvalue weighted by Gasteiger charge is 2.17. The highest BCUT2D eigenvalue weighted by atomic mass is 16.1. The van der Waals surface area contributed by atoms with E-state index in [1.807, 2.05) is 12.1 Å². The number of Topliss-reactive ketones (excluding diaryl/α,β-unsaturated/α-hetero) is 1. The Morgan fingerprint density at radius 2 is 1.72 bits per heavy atom. The van der Waals surface area contributed by atoms with Crippen molar-refractivity contribution in [2.75, 3.05) is 0 Å². The molecule has 1 saturated carbocycles. The monoisotopic (exact) mass is 244 g/mol. The van der Waals surface area contributed by atoms with Crippen molar-refractivity contribution in [2.24, 2.45) is 11.8 Å². The Bertz CT molecular complexity index is 383. The Kier molecular flexibility index (Phi) is 4.57. The number of hydrogen-bond acceptors (Lipinski definition) is 1. The SMILES string of the molecule is CC(=O)c1ccc(CCC2CCC(C)CC2)cc1. The van der Waals surface area contributed by atoms with E-state index >= 15 is 0 Å². The van der Waals surface area contributed by atoms with Gasteiger partial charge in [-0.15, -0.1) is 0 Å². The van der Waals surface area contributed by atoms with Crippen LogP contribution in [0.3, 0.4) is 0 Å². The molecule has 0 radical (unpaired) electrons. The van der Waals surface area contributed by atoms with Crippen molar-refractivity contribution in [3.8, 4) is 0 Å². The van der Waals surface area contributed by atoms with Crippen molar-refractivity contribution >= 4 is 5.78 Å². The normalized spacial score (nSPS) is 23.9. The molecule has 0 aromatic heterocycles. The summed E-state index contributed by atoms with van der Waals surface area (Å²) < 4.78 is 0. The molecule has 1 heteroatoms. The second-order valence-corrected chi connectivity index (χ2v) is 5.92. The molecule has 0 spiro atoms. The van der Waals surface area contributed by atoms with E-state index in [0.29, 0.717) is 0 Å². The molecule has 0 heterocycles. The molecular weight excluding hydrogens is 220 g/mol. The maximum absolute atomic E-state index is 11.2. The van der Waals surface area contributed by atoms with Gasteiger partial charge in [0.2, 0.25) is 0 Å². The Morgan fingerprint density at radius 1 is 1.11 bits per heavy atom. The van der Waals surface area contributed by atoms with Crippen molar-refractivity contribution in [3.63, 3.8) is 0 Å². The van der Waals surface area contributed by atoms with Crippen LogP contribution in [-0.4, -0.2) is 5.78 Å². The summed E-state index contributed by atoms with van der Waals surface area (Å²) in [6.07, 6.45) is 8.12. The predicted octanol–water partition coefficient (Wildman–Crippen LogP) is 4.65. The van der Waals surface area contributed by atoms with Crippen LogP contribution in [0.15, 0.2) is 24.3 Å². The number of carbonyl (C=O) groups excluding carboxylic acids is 1. The zero-order chi connectivity index (χ0) is 13.0. The largest absolute Gasteiger partial charge is 0.295 e. The van der Waals surface area contributed by atoms with Gasteiger partial charge < -0.3 is 0 Å². The molecule has 1 aromatic rings. The molecule has 1 fully saturated rings. The first-order chi connectivity index (χ1) is 8.65. The van der Waals surface area contributed by atoms with Crippen molar-refractivity contribution in [1.82, 2.24) is 0 Å². The smallest absolute Gasteiger partial charge is 0.159 e. The summed E-state index contributed by atoms with van der Waals surface area (Å²) in [7, 11) is 0. The van der Waals surface area contributed by atoms with Gasteiger partial charge in [-0.05, 0) is 37.2 Å². The van der Waals surface area contributed by atoms with Gasteiger partial charge in [0.25, 0.3) is 0 Å². The number of ketones is 1. The maximum Gasteiger partial charge on any atom is 0.159 e. The summed E-state index contributed by atoms with van der Waals surface area (Å²) in [6, 6.07) is 8.14. The third-order valence-corrected chi connectivity index (χ3v) is 4.34. The second kappa shape index (κ2) is 6.17. The highest BCUT2D eigenvalue weighted by Crippen LogP contribution is 2.31. The van der Waals surface area contributed by atoms with E-state index in [1.54, 1.807) is 6.92 Å². The first-order valence-electron chi connectivity index (χ1n) is 7.25. The zero-order valence-corrected chi connectivity index (χ0v) is 11.6. The van der Waals surface area contributed by atoms with Gasteiger partial charge in [-0.2, -0.15) is 0 Å². The molecule has 0 N–H and O–H groups in total. The lowest BCUT2D eigenvalue weighted by atomic mass is 9.80. The summed E-state index contributed by atoms with van der Waals surface area (Å²) in [6.45, 7) is 3.99. The Labute approximate surface area is 111 Å². The Morgan fingerprint density at radius 3 is 2.28 bits per heavy atom. The van der Waals surface area contributed by atoms with Crippen LogP contribution in [0, 0.1) is 11.8 Å².